The highest BCUT2D eigenvalue weighted by Gasteiger charge is 2.25. The van der Waals surface area contributed by atoms with E-state index < -0.39 is 23.6 Å². The Morgan fingerprint density at radius 2 is 1.48 bits per heavy atom. The van der Waals surface area contributed by atoms with Crippen molar-refractivity contribution in [3.8, 4) is 0 Å². The molecule has 4 heteroatoms. The molecular weight excluding hydrogens is 277 g/mol. The van der Waals surface area contributed by atoms with Crippen LogP contribution >= 0.6 is 0 Å². The van der Waals surface area contributed by atoms with Crippen molar-refractivity contribution < 1.29 is 18.3 Å². The largest absolute Gasteiger partial charge is 0.384 e. The zero-order chi connectivity index (χ0) is 15.8. The number of hydrogen-bond donors (Lipinski definition) is 1. The first-order valence-electron chi connectivity index (χ1n) is 6.64. The molecule has 0 aliphatic carbocycles. The number of halogens is 3. The summed E-state index contributed by atoms with van der Waals surface area (Å²) in [5, 5.41) is 10.4. The molecule has 0 aliphatic rings. The smallest absolute Gasteiger partial charge is 0.194 e. The van der Waals surface area contributed by atoms with E-state index in [9.17, 15) is 18.3 Å². The standard InChI is InChI=1S/C17H17F3O/c1-17(2,3)12-7-5-4-6-10(12)16(21)11-8-9-13(18)15(20)14(11)19/h4-9,16,21H,1-3H3. The molecule has 0 spiro atoms. The van der Waals surface area contributed by atoms with E-state index in [0.29, 0.717) is 5.56 Å². The Morgan fingerprint density at radius 1 is 0.857 bits per heavy atom. The maximum Gasteiger partial charge on any atom is 0.194 e. The van der Waals surface area contributed by atoms with Crippen molar-refractivity contribution in [2.45, 2.75) is 32.3 Å². The highest BCUT2D eigenvalue weighted by molar-refractivity contribution is 5.40. The first-order valence-corrected chi connectivity index (χ1v) is 6.64. The van der Waals surface area contributed by atoms with Crippen LogP contribution in [0.3, 0.4) is 0 Å². The van der Waals surface area contributed by atoms with E-state index in [2.05, 4.69) is 0 Å². The Bertz CT molecular complexity index is 660. The Kier molecular flexibility index (Phi) is 4.10. The molecule has 1 nitrogen and oxygen atoms in total. The number of hydrogen-bond acceptors (Lipinski definition) is 1. The van der Waals surface area contributed by atoms with Crippen molar-refractivity contribution >= 4 is 0 Å². The van der Waals surface area contributed by atoms with Crippen LogP contribution in [-0.4, -0.2) is 5.11 Å². The summed E-state index contributed by atoms with van der Waals surface area (Å²) in [6.45, 7) is 5.88. The molecule has 2 rings (SSSR count). The topological polar surface area (TPSA) is 20.2 Å². The predicted molar refractivity (Wildman–Crippen MR) is 75.5 cm³/mol. The molecule has 112 valence electrons. The lowest BCUT2D eigenvalue weighted by atomic mass is 9.81. The van der Waals surface area contributed by atoms with Crippen molar-refractivity contribution in [3.63, 3.8) is 0 Å². The second-order valence-electron chi connectivity index (χ2n) is 6.00. The lowest BCUT2D eigenvalue weighted by molar-refractivity contribution is 0.210. The minimum absolute atomic E-state index is 0.271. The third kappa shape index (κ3) is 2.95. The van der Waals surface area contributed by atoms with E-state index in [0.717, 1.165) is 17.7 Å². The summed E-state index contributed by atoms with van der Waals surface area (Å²) in [6, 6.07) is 8.90. The Hall–Kier alpha value is -1.81. The first-order chi connectivity index (χ1) is 9.73. The number of benzene rings is 2. The molecule has 0 saturated heterocycles. The van der Waals surface area contributed by atoms with Crippen molar-refractivity contribution in [2.75, 3.05) is 0 Å². The normalized spacial score (nSPS) is 13.3. The zero-order valence-corrected chi connectivity index (χ0v) is 12.1. The van der Waals surface area contributed by atoms with Gasteiger partial charge in [0, 0.05) is 5.56 Å². The molecule has 0 heterocycles. The van der Waals surface area contributed by atoms with Crippen LogP contribution in [0.4, 0.5) is 13.2 Å². The Morgan fingerprint density at radius 3 is 2.10 bits per heavy atom. The van der Waals surface area contributed by atoms with E-state index in [1.807, 2.05) is 32.9 Å². The third-order valence-corrected chi connectivity index (χ3v) is 3.42. The van der Waals surface area contributed by atoms with Gasteiger partial charge in [-0.2, -0.15) is 0 Å². The molecule has 0 aliphatic heterocycles. The molecule has 2 aromatic carbocycles. The first kappa shape index (κ1) is 15.6. The van der Waals surface area contributed by atoms with Gasteiger partial charge in [0.25, 0.3) is 0 Å². The molecule has 1 N–H and O–H groups in total. The van der Waals surface area contributed by atoms with Gasteiger partial charge in [-0.1, -0.05) is 51.1 Å². The maximum atomic E-state index is 13.9. The van der Waals surface area contributed by atoms with Crippen LogP contribution in [0, 0.1) is 17.5 Å². The minimum atomic E-state index is -1.57. The summed E-state index contributed by atoms with van der Waals surface area (Å²) in [6.07, 6.45) is -1.35. The number of aliphatic hydroxyl groups is 1. The van der Waals surface area contributed by atoms with E-state index in [-0.39, 0.29) is 11.0 Å². The van der Waals surface area contributed by atoms with Gasteiger partial charge in [0.15, 0.2) is 17.5 Å². The molecule has 1 atom stereocenters. The molecule has 1 unspecified atom stereocenters. The van der Waals surface area contributed by atoms with Gasteiger partial charge in [0.1, 0.15) is 6.10 Å². The average molecular weight is 294 g/mol. The monoisotopic (exact) mass is 294 g/mol. The summed E-state index contributed by atoms with van der Waals surface area (Å²) in [4.78, 5) is 0. The highest BCUT2D eigenvalue weighted by atomic mass is 19.2. The molecule has 0 fully saturated rings. The third-order valence-electron chi connectivity index (χ3n) is 3.42. The predicted octanol–water partition coefficient (Wildman–Crippen LogP) is 4.48. The van der Waals surface area contributed by atoms with Crippen LogP contribution in [0.1, 0.15) is 43.6 Å². The lowest BCUT2D eigenvalue weighted by Crippen LogP contribution is -2.17. The fraction of sp³-hybridized carbons (Fsp3) is 0.294. The maximum absolute atomic E-state index is 13.9. The molecule has 2 aromatic rings. The van der Waals surface area contributed by atoms with Gasteiger partial charge in [-0.25, -0.2) is 13.2 Å². The number of rotatable bonds is 2. The van der Waals surface area contributed by atoms with Crippen LogP contribution in [0.5, 0.6) is 0 Å². The Balaban J connectivity index is 2.56. The molecule has 0 saturated carbocycles. The van der Waals surface area contributed by atoms with Crippen LogP contribution in [0.25, 0.3) is 0 Å². The zero-order valence-electron chi connectivity index (χ0n) is 12.1. The Labute approximate surface area is 122 Å². The van der Waals surface area contributed by atoms with Gasteiger partial charge in [-0.3, -0.25) is 0 Å². The molecular formula is C17H17F3O. The molecule has 0 amide bonds. The van der Waals surface area contributed by atoms with Gasteiger partial charge >= 0.3 is 0 Å². The van der Waals surface area contributed by atoms with Crippen molar-refractivity contribution in [3.05, 3.63) is 70.5 Å². The quantitative estimate of drug-likeness (QED) is 0.809. The van der Waals surface area contributed by atoms with Gasteiger partial charge < -0.3 is 5.11 Å². The summed E-state index contributed by atoms with van der Waals surface area (Å²) in [7, 11) is 0. The van der Waals surface area contributed by atoms with Gasteiger partial charge in [-0.05, 0) is 22.6 Å². The highest BCUT2D eigenvalue weighted by Crippen LogP contribution is 2.34. The van der Waals surface area contributed by atoms with E-state index in [1.165, 1.54) is 0 Å². The van der Waals surface area contributed by atoms with Crippen molar-refractivity contribution in [1.29, 1.82) is 0 Å². The minimum Gasteiger partial charge on any atom is -0.384 e. The van der Waals surface area contributed by atoms with Crippen molar-refractivity contribution in [2.24, 2.45) is 0 Å². The van der Waals surface area contributed by atoms with E-state index in [4.69, 9.17) is 0 Å². The summed E-state index contributed by atoms with van der Waals surface area (Å²) >= 11 is 0. The van der Waals surface area contributed by atoms with Gasteiger partial charge in [0.05, 0.1) is 0 Å². The summed E-state index contributed by atoms with van der Waals surface area (Å²) in [5.41, 5.74) is 0.759. The molecule has 0 bridgehead atoms. The summed E-state index contributed by atoms with van der Waals surface area (Å²) in [5.74, 6) is -4.20. The molecule has 21 heavy (non-hydrogen) atoms. The fourth-order valence-corrected chi connectivity index (χ4v) is 2.34. The van der Waals surface area contributed by atoms with Gasteiger partial charge in [-0.15, -0.1) is 0 Å². The average Bonchev–Trinajstić information content (AvgIpc) is 2.43. The fourth-order valence-electron chi connectivity index (χ4n) is 2.34. The van der Waals surface area contributed by atoms with E-state index >= 15 is 0 Å². The molecule has 0 aromatic heterocycles. The van der Waals surface area contributed by atoms with E-state index in [1.54, 1.807) is 12.1 Å². The second kappa shape index (κ2) is 5.53. The van der Waals surface area contributed by atoms with Crippen molar-refractivity contribution in [1.82, 2.24) is 0 Å². The lowest BCUT2D eigenvalue weighted by Gasteiger charge is -2.25. The van der Waals surface area contributed by atoms with Crippen LogP contribution in [-0.2, 0) is 5.41 Å². The second-order valence-corrected chi connectivity index (χ2v) is 6.00. The number of aliphatic hydroxyl groups excluding tert-OH is 1. The van der Waals surface area contributed by atoms with Gasteiger partial charge in [0.2, 0.25) is 0 Å². The van der Waals surface area contributed by atoms with Crippen LogP contribution in [0.15, 0.2) is 36.4 Å². The van der Waals surface area contributed by atoms with Crippen LogP contribution < -0.4 is 0 Å². The molecule has 0 radical (unpaired) electrons. The van der Waals surface area contributed by atoms with Crippen LogP contribution in [0.2, 0.25) is 0 Å². The summed E-state index contributed by atoms with van der Waals surface area (Å²) < 4.78 is 40.2. The SMILES string of the molecule is CC(C)(C)c1ccccc1C(O)c1ccc(F)c(F)c1F.